The van der Waals surface area contributed by atoms with Crippen LogP contribution >= 0.6 is 0 Å². The Bertz CT molecular complexity index is 447. The van der Waals surface area contributed by atoms with Crippen LogP contribution in [0, 0.1) is 24.2 Å². The maximum Gasteiger partial charge on any atom is 0.0452 e. The number of terminal acetylenes is 1. The fourth-order valence-electron chi connectivity index (χ4n) is 1.31. The second-order valence-corrected chi connectivity index (χ2v) is 10.7. The summed E-state index contributed by atoms with van der Waals surface area (Å²) in [5, 5.41) is 0. The van der Waals surface area contributed by atoms with Gasteiger partial charge < -0.3 is 0 Å². The van der Waals surface area contributed by atoms with Crippen LogP contribution in [0.3, 0.4) is 0 Å². The van der Waals surface area contributed by atoms with E-state index in [0.717, 1.165) is 17.5 Å². The highest BCUT2D eigenvalue weighted by molar-refractivity contribution is 6.76. The second kappa shape index (κ2) is 5.59. The summed E-state index contributed by atoms with van der Waals surface area (Å²) in [6, 6.07) is 9.09. The highest BCUT2D eigenvalue weighted by Gasteiger charge is 2.10. The molecule has 1 heteroatoms. The molecule has 82 valence electrons. The van der Waals surface area contributed by atoms with Gasteiger partial charge in [0.15, 0.2) is 0 Å². The van der Waals surface area contributed by atoms with E-state index in [2.05, 4.69) is 37.4 Å². The van der Waals surface area contributed by atoms with Gasteiger partial charge in [-0.05, 0) is 18.2 Å². The third-order valence-corrected chi connectivity index (χ3v) is 4.06. The Morgan fingerprint density at radius 1 is 1.12 bits per heavy atom. The van der Waals surface area contributed by atoms with Crippen molar-refractivity contribution in [3.05, 3.63) is 35.4 Å². The minimum atomic E-state index is -0.960. The molecule has 0 bridgehead atoms. The molecule has 0 aliphatic rings. The van der Waals surface area contributed by atoms with Gasteiger partial charge in [-0.1, -0.05) is 49.5 Å². The van der Waals surface area contributed by atoms with E-state index in [1.165, 1.54) is 6.04 Å². The van der Waals surface area contributed by atoms with Crippen LogP contribution in [0.15, 0.2) is 24.3 Å². The lowest BCUT2D eigenvalue weighted by Gasteiger charge is -2.12. The summed E-state index contributed by atoms with van der Waals surface area (Å²) in [4.78, 5) is 0. The molecule has 0 amide bonds. The predicted octanol–water partition coefficient (Wildman–Crippen LogP) is 3.75. The topological polar surface area (TPSA) is 0 Å². The van der Waals surface area contributed by atoms with E-state index in [1.807, 2.05) is 24.3 Å². The summed E-state index contributed by atoms with van der Waals surface area (Å²) in [6.07, 6.45) is 6.39. The number of hydrogen-bond donors (Lipinski definition) is 0. The molecule has 0 aromatic heterocycles. The van der Waals surface area contributed by atoms with Crippen molar-refractivity contribution in [2.45, 2.75) is 32.1 Å². The SMILES string of the molecule is C#Cc1ccccc1C#CCC[Si](C)(C)C. The van der Waals surface area contributed by atoms with Gasteiger partial charge in [0, 0.05) is 25.6 Å². The molecule has 0 aliphatic carbocycles. The van der Waals surface area contributed by atoms with Crippen molar-refractivity contribution in [3.8, 4) is 24.2 Å². The average Bonchev–Trinajstić information content (AvgIpc) is 2.23. The summed E-state index contributed by atoms with van der Waals surface area (Å²) >= 11 is 0. The number of rotatable bonds is 2. The van der Waals surface area contributed by atoms with Crippen LogP contribution in [0.1, 0.15) is 17.5 Å². The summed E-state index contributed by atoms with van der Waals surface area (Å²) in [6.45, 7) is 7.10. The monoisotopic (exact) mass is 226 g/mol. The molecule has 0 saturated carbocycles. The molecule has 0 aliphatic heterocycles. The molecular formula is C15H18Si. The minimum absolute atomic E-state index is 0.892. The van der Waals surface area contributed by atoms with Crippen LogP contribution in [0.5, 0.6) is 0 Å². The molecule has 0 atom stereocenters. The normalized spacial score (nSPS) is 10.1. The van der Waals surface area contributed by atoms with Crippen LogP contribution in [-0.4, -0.2) is 8.07 Å². The maximum atomic E-state index is 5.41. The molecule has 1 rings (SSSR count). The van der Waals surface area contributed by atoms with E-state index in [0.29, 0.717) is 0 Å². The molecule has 1 aromatic carbocycles. The van der Waals surface area contributed by atoms with Gasteiger partial charge in [-0.25, -0.2) is 0 Å². The van der Waals surface area contributed by atoms with Gasteiger partial charge in [-0.2, -0.15) is 0 Å². The lowest BCUT2D eigenvalue weighted by molar-refractivity contribution is 1.20. The Balaban J connectivity index is 2.68. The predicted molar refractivity (Wildman–Crippen MR) is 74.0 cm³/mol. The molecule has 16 heavy (non-hydrogen) atoms. The zero-order valence-corrected chi connectivity index (χ0v) is 11.3. The van der Waals surface area contributed by atoms with Crippen LogP contribution in [0.25, 0.3) is 0 Å². The first-order chi connectivity index (χ1) is 7.53. The van der Waals surface area contributed by atoms with E-state index in [9.17, 15) is 0 Å². The summed E-state index contributed by atoms with van der Waals surface area (Å²) < 4.78 is 0. The summed E-state index contributed by atoms with van der Waals surface area (Å²) in [5.41, 5.74) is 1.86. The van der Waals surface area contributed by atoms with Crippen molar-refractivity contribution in [2.75, 3.05) is 0 Å². The molecule has 0 saturated heterocycles. The molecular weight excluding hydrogens is 208 g/mol. The molecule has 0 unspecified atom stereocenters. The van der Waals surface area contributed by atoms with Gasteiger partial charge in [0.1, 0.15) is 0 Å². The van der Waals surface area contributed by atoms with Crippen LogP contribution in [0.2, 0.25) is 25.7 Å². The molecule has 0 heterocycles. The third kappa shape index (κ3) is 4.38. The zero-order valence-electron chi connectivity index (χ0n) is 10.3. The lowest BCUT2D eigenvalue weighted by atomic mass is 10.1. The number of hydrogen-bond acceptors (Lipinski definition) is 0. The van der Waals surface area contributed by atoms with Crippen LogP contribution in [-0.2, 0) is 0 Å². The molecule has 0 N–H and O–H groups in total. The van der Waals surface area contributed by atoms with Crippen molar-refractivity contribution in [3.63, 3.8) is 0 Å². The van der Waals surface area contributed by atoms with Crippen molar-refractivity contribution in [1.29, 1.82) is 0 Å². The number of benzene rings is 1. The highest BCUT2D eigenvalue weighted by atomic mass is 28.3. The van der Waals surface area contributed by atoms with Crippen LogP contribution < -0.4 is 0 Å². The van der Waals surface area contributed by atoms with Crippen molar-refractivity contribution in [2.24, 2.45) is 0 Å². The quantitative estimate of drug-likeness (QED) is 0.532. The van der Waals surface area contributed by atoms with E-state index in [4.69, 9.17) is 6.42 Å². The summed E-state index contributed by atoms with van der Waals surface area (Å²) in [5.74, 6) is 9.05. The van der Waals surface area contributed by atoms with Gasteiger partial charge in [-0.3, -0.25) is 0 Å². The fourth-order valence-corrected chi connectivity index (χ4v) is 2.19. The summed E-state index contributed by atoms with van der Waals surface area (Å²) in [7, 11) is -0.960. The van der Waals surface area contributed by atoms with E-state index in [1.54, 1.807) is 0 Å². The van der Waals surface area contributed by atoms with E-state index >= 15 is 0 Å². The Hall–Kier alpha value is -1.44. The van der Waals surface area contributed by atoms with Crippen LogP contribution in [0.4, 0.5) is 0 Å². The minimum Gasteiger partial charge on any atom is -0.115 e. The zero-order chi connectivity index (χ0) is 12.0. The Morgan fingerprint density at radius 2 is 1.75 bits per heavy atom. The third-order valence-electron chi connectivity index (χ3n) is 2.31. The Morgan fingerprint density at radius 3 is 2.31 bits per heavy atom. The van der Waals surface area contributed by atoms with Gasteiger partial charge in [-0.15, -0.1) is 6.42 Å². The standard InChI is InChI=1S/C15H18Si/c1-5-14-10-6-7-11-15(14)12-8-9-13-16(2,3)4/h1,6-7,10-11H,9,13H2,2-4H3. The molecule has 1 aromatic rings. The molecule has 0 fully saturated rings. The first kappa shape index (κ1) is 12.6. The fraction of sp³-hybridized carbons (Fsp3) is 0.333. The van der Waals surface area contributed by atoms with Crippen molar-refractivity contribution < 1.29 is 0 Å². The maximum absolute atomic E-state index is 5.41. The Kier molecular flexibility index (Phi) is 4.41. The average molecular weight is 226 g/mol. The molecule has 0 radical (unpaired) electrons. The van der Waals surface area contributed by atoms with Crippen molar-refractivity contribution >= 4 is 8.07 Å². The Labute approximate surface area is 100 Å². The first-order valence-electron chi connectivity index (χ1n) is 5.57. The highest BCUT2D eigenvalue weighted by Crippen LogP contribution is 2.10. The second-order valence-electron chi connectivity index (χ2n) is 5.05. The first-order valence-corrected chi connectivity index (χ1v) is 9.28. The van der Waals surface area contributed by atoms with Crippen molar-refractivity contribution in [1.82, 2.24) is 0 Å². The van der Waals surface area contributed by atoms with Gasteiger partial charge in [0.25, 0.3) is 0 Å². The smallest absolute Gasteiger partial charge is 0.0452 e. The van der Waals surface area contributed by atoms with E-state index in [-0.39, 0.29) is 0 Å². The van der Waals surface area contributed by atoms with Gasteiger partial charge >= 0.3 is 0 Å². The molecule has 0 nitrogen and oxygen atoms in total. The largest absolute Gasteiger partial charge is 0.115 e. The van der Waals surface area contributed by atoms with Gasteiger partial charge in [0.2, 0.25) is 0 Å². The van der Waals surface area contributed by atoms with Gasteiger partial charge in [0.05, 0.1) is 0 Å². The lowest BCUT2D eigenvalue weighted by Crippen LogP contribution is -2.18. The molecule has 0 spiro atoms. The van der Waals surface area contributed by atoms with E-state index < -0.39 is 8.07 Å².